The molecule has 2 fully saturated rings. The van der Waals surface area contributed by atoms with Gasteiger partial charge in [0.25, 0.3) is 5.91 Å². The number of carbonyl (C=O) groups is 1. The number of piperidine rings is 1. The largest absolute Gasteiger partial charge is 0.507 e. The number of likely N-dealkylation sites (tertiary alicyclic amines) is 2. The maximum absolute atomic E-state index is 12.6. The van der Waals surface area contributed by atoms with Crippen LogP contribution in [-0.2, 0) is 6.54 Å². The van der Waals surface area contributed by atoms with E-state index in [1.807, 2.05) is 23.1 Å². The van der Waals surface area contributed by atoms with Crippen LogP contribution < -0.4 is 0 Å². The summed E-state index contributed by atoms with van der Waals surface area (Å²) in [5.74, 6) is 1.36. The Kier molecular flexibility index (Phi) is 4.87. The van der Waals surface area contributed by atoms with Gasteiger partial charge in [-0.05, 0) is 48.4 Å². The van der Waals surface area contributed by atoms with Gasteiger partial charge in [0.1, 0.15) is 11.8 Å². The number of aromatic hydroxyl groups is 1. The average Bonchev–Trinajstić information content (AvgIpc) is 3.19. The highest BCUT2D eigenvalue weighted by atomic mass is 16.3. The van der Waals surface area contributed by atoms with Gasteiger partial charge in [0.05, 0.1) is 11.1 Å². The number of nitrogens with one attached hydrogen (secondary N) is 1. The van der Waals surface area contributed by atoms with E-state index in [2.05, 4.69) is 9.88 Å². The maximum atomic E-state index is 12.6. The lowest BCUT2D eigenvalue weighted by molar-refractivity contribution is 0.0170. The minimum absolute atomic E-state index is 0.0390. The van der Waals surface area contributed by atoms with E-state index in [1.54, 1.807) is 24.5 Å². The second-order valence-electron chi connectivity index (χ2n) is 7.67. The minimum atomic E-state index is 0.0390. The van der Waals surface area contributed by atoms with E-state index in [-0.39, 0.29) is 11.7 Å². The highest BCUT2D eigenvalue weighted by Crippen LogP contribution is 2.32. The molecule has 1 unspecified atom stereocenters. The molecule has 140 valence electrons. The van der Waals surface area contributed by atoms with Crippen LogP contribution in [0.3, 0.4) is 0 Å². The summed E-state index contributed by atoms with van der Waals surface area (Å²) in [4.78, 5) is 19.9. The Labute approximate surface area is 159 Å². The zero-order valence-corrected chi connectivity index (χ0v) is 15.3. The molecule has 2 aliphatic heterocycles. The van der Waals surface area contributed by atoms with Gasteiger partial charge in [-0.2, -0.15) is 5.26 Å². The Bertz CT molecular complexity index is 850. The van der Waals surface area contributed by atoms with E-state index in [9.17, 15) is 9.90 Å². The maximum Gasteiger partial charge on any atom is 0.255 e. The molecule has 2 aliphatic rings. The first-order valence-electron chi connectivity index (χ1n) is 9.50. The monoisotopic (exact) mass is 364 g/mol. The third-order valence-corrected chi connectivity index (χ3v) is 5.83. The molecule has 0 saturated carbocycles. The number of H-pyrrole nitrogens is 1. The van der Waals surface area contributed by atoms with Crippen molar-refractivity contribution in [2.24, 2.45) is 11.8 Å². The summed E-state index contributed by atoms with van der Waals surface area (Å²) in [7, 11) is 0. The molecule has 0 aliphatic carbocycles. The molecule has 4 rings (SSSR count). The molecule has 2 N–H and O–H groups in total. The third-order valence-electron chi connectivity index (χ3n) is 5.83. The average molecular weight is 364 g/mol. The highest BCUT2D eigenvalue weighted by Gasteiger charge is 2.36. The number of benzene rings is 1. The van der Waals surface area contributed by atoms with Crippen LogP contribution in [0.25, 0.3) is 0 Å². The lowest BCUT2D eigenvalue weighted by atomic mass is 9.80. The van der Waals surface area contributed by atoms with E-state index in [0.29, 0.717) is 17.4 Å². The first kappa shape index (κ1) is 17.6. The summed E-state index contributed by atoms with van der Waals surface area (Å²) >= 11 is 0. The van der Waals surface area contributed by atoms with Crippen LogP contribution in [-0.4, -0.2) is 52.0 Å². The van der Waals surface area contributed by atoms with Crippen LogP contribution in [0.4, 0.5) is 0 Å². The Morgan fingerprint density at radius 3 is 2.85 bits per heavy atom. The molecule has 1 amide bonds. The molecule has 2 aromatic rings. The van der Waals surface area contributed by atoms with Gasteiger partial charge in [-0.15, -0.1) is 0 Å². The lowest BCUT2D eigenvalue weighted by Crippen LogP contribution is -2.53. The van der Waals surface area contributed by atoms with Crippen LogP contribution in [0, 0.1) is 23.2 Å². The lowest BCUT2D eigenvalue weighted by Gasteiger charge is -2.46. The number of hydrogen-bond donors (Lipinski definition) is 2. The molecule has 6 heteroatoms. The second kappa shape index (κ2) is 7.45. The van der Waals surface area contributed by atoms with Gasteiger partial charge in [-0.1, -0.05) is 6.07 Å². The van der Waals surface area contributed by atoms with Gasteiger partial charge in [0.2, 0.25) is 0 Å². The highest BCUT2D eigenvalue weighted by molar-refractivity contribution is 5.94. The fraction of sp³-hybridized carbons (Fsp3) is 0.429. The summed E-state index contributed by atoms with van der Waals surface area (Å²) in [5, 5.41) is 18.7. The SMILES string of the molecule is N#Cc1cc(CN2CC(C3CCCN(C(=O)c4cc[nH]c4)C3)C2)ccc1O. The molecule has 0 spiro atoms. The Morgan fingerprint density at radius 1 is 1.26 bits per heavy atom. The van der Waals surface area contributed by atoms with E-state index < -0.39 is 0 Å². The van der Waals surface area contributed by atoms with Crippen molar-refractivity contribution >= 4 is 5.91 Å². The first-order valence-corrected chi connectivity index (χ1v) is 9.50. The van der Waals surface area contributed by atoms with Crippen molar-refractivity contribution in [3.05, 3.63) is 53.3 Å². The molecule has 0 bridgehead atoms. The Hall–Kier alpha value is -2.78. The van der Waals surface area contributed by atoms with Gasteiger partial charge in [0.15, 0.2) is 0 Å². The summed E-state index contributed by atoms with van der Waals surface area (Å²) < 4.78 is 0. The van der Waals surface area contributed by atoms with Crippen LogP contribution in [0.15, 0.2) is 36.7 Å². The van der Waals surface area contributed by atoms with Crippen molar-refractivity contribution in [3.8, 4) is 11.8 Å². The molecular formula is C21H24N4O2. The van der Waals surface area contributed by atoms with Crippen LogP contribution in [0.5, 0.6) is 5.75 Å². The van der Waals surface area contributed by atoms with Gasteiger partial charge in [0, 0.05) is 45.1 Å². The number of aromatic nitrogens is 1. The Morgan fingerprint density at radius 2 is 2.11 bits per heavy atom. The molecule has 1 aromatic heterocycles. The molecule has 1 aromatic carbocycles. The van der Waals surface area contributed by atoms with Crippen molar-refractivity contribution in [3.63, 3.8) is 0 Å². The smallest absolute Gasteiger partial charge is 0.255 e. The predicted molar refractivity (Wildman–Crippen MR) is 101 cm³/mol. The second-order valence-corrected chi connectivity index (χ2v) is 7.67. The summed E-state index contributed by atoms with van der Waals surface area (Å²) in [6.45, 7) is 4.55. The predicted octanol–water partition coefficient (Wildman–Crippen LogP) is 2.58. The minimum Gasteiger partial charge on any atom is -0.507 e. The fourth-order valence-corrected chi connectivity index (χ4v) is 4.29. The standard InChI is InChI=1S/C21H24N4O2/c22-9-18-8-15(3-4-20(18)26)11-24-12-19(13-24)17-2-1-7-25(14-17)21(27)16-5-6-23-10-16/h3-6,8,10,17,19,23,26H,1-2,7,11-14H2. The number of hydrogen-bond acceptors (Lipinski definition) is 4. The van der Waals surface area contributed by atoms with Crippen LogP contribution >= 0.6 is 0 Å². The topological polar surface area (TPSA) is 83.4 Å². The number of phenols is 1. The number of phenolic OH excluding ortho intramolecular Hbond substituents is 1. The summed E-state index contributed by atoms with van der Waals surface area (Å²) in [6, 6.07) is 9.10. The van der Waals surface area contributed by atoms with E-state index in [0.717, 1.165) is 50.3 Å². The van der Waals surface area contributed by atoms with Crippen molar-refractivity contribution < 1.29 is 9.90 Å². The Balaban J connectivity index is 1.30. The summed E-state index contributed by atoms with van der Waals surface area (Å²) in [6.07, 6.45) is 5.82. The first-order chi connectivity index (χ1) is 13.1. The molecular weight excluding hydrogens is 340 g/mol. The number of amides is 1. The molecule has 6 nitrogen and oxygen atoms in total. The van der Waals surface area contributed by atoms with Crippen molar-refractivity contribution in [2.45, 2.75) is 19.4 Å². The zero-order valence-electron chi connectivity index (χ0n) is 15.3. The fourth-order valence-electron chi connectivity index (χ4n) is 4.29. The van der Waals surface area contributed by atoms with Gasteiger partial charge in [-0.25, -0.2) is 0 Å². The van der Waals surface area contributed by atoms with Gasteiger partial charge in [-0.3, -0.25) is 9.69 Å². The molecule has 0 radical (unpaired) electrons. The quantitative estimate of drug-likeness (QED) is 0.873. The summed E-state index contributed by atoms with van der Waals surface area (Å²) in [5.41, 5.74) is 2.12. The molecule has 1 atom stereocenters. The molecule has 27 heavy (non-hydrogen) atoms. The van der Waals surface area contributed by atoms with Crippen LogP contribution in [0.1, 0.15) is 34.3 Å². The van der Waals surface area contributed by atoms with E-state index >= 15 is 0 Å². The van der Waals surface area contributed by atoms with Crippen LogP contribution in [0.2, 0.25) is 0 Å². The number of carbonyl (C=O) groups excluding carboxylic acids is 1. The molecule has 2 saturated heterocycles. The number of rotatable bonds is 4. The van der Waals surface area contributed by atoms with Crippen molar-refractivity contribution in [1.29, 1.82) is 5.26 Å². The number of aromatic amines is 1. The van der Waals surface area contributed by atoms with Crippen molar-refractivity contribution in [2.75, 3.05) is 26.2 Å². The normalized spacial score (nSPS) is 20.9. The van der Waals surface area contributed by atoms with Gasteiger partial charge >= 0.3 is 0 Å². The van der Waals surface area contributed by atoms with Crippen molar-refractivity contribution in [1.82, 2.24) is 14.8 Å². The van der Waals surface area contributed by atoms with Gasteiger partial charge < -0.3 is 15.0 Å². The number of nitriles is 1. The van der Waals surface area contributed by atoms with E-state index in [4.69, 9.17) is 5.26 Å². The third kappa shape index (κ3) is 3.69. The number of nitrogens with zero attached hydrogens (tertiary/aromatic N) is 3. The molecule has 3 heterocycles. The zero-order chi connectivity index (χ0) is 18.8. The van der Waals surface area contributed by atoms with E-state index in [1.165, 1.54) is 6.42 Å².